The second-order valence-electron chi connectivity index (χ2n) is 4.49. The van der Waals surface area contributed by atoms with Gasteiger partial charge in [-0.25, -0.2) is 0 Å². The Balaban J connectivity index is 2.01. The third kappa shape index (κ3) is 2.96. The number of nitrogens with one attached hydrogen (secondary N) is 1. The second kappa shape index (κ2) is 5.48. The quantitative estimate of drug-likeness (QED) is 0.850. The normalized spacial score (nSPS) is 12.6. The fourth-order valence-electron chi connectivity index (χ4n) is 2.01. The SMILES string of the molecule is Cc1ccccc1C(C)NCc1sccc1C. The molecule has 1 atom stereocenters. The molecular formula is C15H19NS. The number of rotatable bonds is 4. The maximum absolute atomic E-state index is 3.59. The van der Waals surface area contributed by atoms with Crippen LogP contribution in [-0.2, 0) is 6.54 Å². The van der Waals surface area contributed by atoms with Gasteiger partial charge in [0, 0.05) is 17.5 Å². The van der Waals surface area contributed by atoms with Crippen molar-refractivity contribution in [1.29, 1.82) is 0 Å². The van der Waals surface area contributed by atoms with Gasteiger partial charge in [0.15, 0.2) is 0 Å². The number of thiophene rings is 1. The minimum absolute atomic E-state index is 0.401. The van der Waals surface area contributed by atoms with Crippen LogP contribution in [0, 0.1) is 13.8 Å². The van der Waals surface area contributed by atoms with E-state index in [1.807, 2.05) is 11.3 Å². The molecule has 1 N–H and O–H groups in total. The lowest BCUT2D eigenvalue weighted by molar-refractivity contribution is 0.575. The van der Waals surface area contributed by atoms with Crippen molar-refractivity contribution < 1.29 is 0 Å². The van der Waals surface area contributed by atoms with Crippen molar-refractivity contribution in [3.63, 3.8) is 0 Å². The van der Waals surface area contributed by atoms with Gasteiger partial charge in [0.05, 0.1) is 0 Å². The van der Waals surface area contributed by atoms with Crippen molar-refractivity contribution in [3.05, 3.63) is 57.3 Å². The summed E-state index contributed by atoms with van der Waals surface area (Å²) in [6.07, 6.45) is 0. The molecule has 90 valence electrons. The first-order valence-electron chi connectivity index (χ1n) is 6.00. The van der Waals surface area contributed by atoms with Crippen LogP contribution in [0.15, 0.2) is 35.7 Å². The van der Waals surface area contributed by atoms with E-state index in [-0.39, 0.29) is 0 Å². The van der Waals surface area contributed by atoms with E-state index in [4.69, 9.17) is 0 Å². The molecule has 0 amide bonds. The van der Waals surface area contributed by atoms with Gasteiger partial charge in [-0.3, -0.25) is 0 Å². The summed E-state index contributed by atoms with van der Waals surface area (Å²) in [7, 11) is 0. The number of aryl methyl sites for hydroxylation is 2. The molecule has 1 unspecified atom stereocenters. The molecule has 0 saturated carbocycles. The lowest BCUT2D eigenvalue weighted by Gasteiger charge is -2.16. The summed E-state index contributed by atoms with van der Waals surface area (Å²) in [4.78, 5) is 1.44. The predicted molar refractivity (Wildman–Crippen MR) is 75.5 cm³/mol. The largest absolute Gasteiger partial charge is 0.305 e. The van der Waals surface area contributed by atoms with Gasteiger partial charge in [-0.1, -0.05) is 24.3 Å². The van der Waals surface area contributed by atoms with Crippen LogP contribution in [0.3, 0.4) is 0 Å². The molecule has 0 spiro atoms. The lowest BCUT2D eigenvalue weighted by atomic mass is 10.0. The zero-order valence-electron chi connectivity index (χ0n) is 10.7. The molecular weight excluding hydrogens is 226 g/mol. The average molecular weight is 245 g/mol. The van der Waals surface area contributed by atoms with Crippen molar-refractivity contribution in [1.82, 2.24) is 5.32 Å². The Morgan fingerprint density at radius 2 is 1.88 bits per heavy atom. The van der Waals surface area contributed by atoms with Gasteiger partial charge in [0.25, 0.3) is 0 Å². The van der Waals surface area contributed by atoms with E-state index < -0.39 is 0 Å². The van der Waals surface area contributed by atoms with Gasteiger partial charge < -0.3 is 5.32 Å². The topological polar surface area (TPSA) is 12.0 Å². The van der Waals surface area contributed by atoms with Crippen molar-refractivity contribution in [2.24, 2.45) is 0 Å². The summed E-state index contributed by atoms with van der Waals surface area (Å²) in [5.74, 6) is 0. The average Bonchev–Trinajstić information content (AvgIpc) is 2.72. The Morgan fingerprint density at radius 3 is 2.53 bits per heavy atom. The van der Waals surface area contributed by atoms with Gasteiger partial charge in [0.2, 0.25) is 0 Å². The van der Waals surface area contributed by atoms with E-state index in [0.29, 0.717) is 6.04 Å². The van der Waals surface area contributed by atoms with E-state index in [1.54, 1.807) is 0 Å². The first-order valence-corrected chi connectivity index (χ1v) is 6.88. The molecule has 2 rings (SSSR count). The molecule has 2 heteroatoms. The van der Waals surface area contributed by atoms with Gasteiger partial charge in [-0.15, -0.1) is 11.3 Å². The van der Waals surface area contributed by atoms with Crippen LogP contribution in [0.2, 0.25) is 0 Å². The van der Waals surface area contributed by atoms with Gasteiger partial charge in [-0.2, -0.15) is 0 Å². The smallest absolute Gasteiger partial charge is 0.0308 e. The monoisotopic (exact) mass is 245 g/mol. The molecule has 0 aliphatic carbocycles. The van der Waals surface area contributed by atoms with E-state index in [0.717, 1.165) is 6.54 Å². The van der Waals surface area contributed by atoms with Crippen LogP contribution in [0.1, 0.15) is 34.5 Å². The summed E-state index contributed by atoms with van der Waals surface area (Å²) in [5.41, 5.74) is 4.14. The Bertz CT molecular complexity index is 487. The van der Waals surface area contributed by atoms with E-state index in [2.05, 4.69) is 61.8 Å². The molecule has 0 bridgehead atoms. The highest BCUT2D eigenvalue weighted by atomic mass is 32.1. The minimum atomic E-state index is 0.401. The maximum Gasteiger partial charge on any atom is 0.0308 e. The zero-order chi connectivity index (χ0) is 12.3. The van der Waals surface area contributed by atoms with Crippen molar-refractivity contribution in [3.8, 4) is 0 Å². The maximum atomic E-state index is 3.59. The third-order valence-corrected chi connectivity index (χ3v) is 4.21. The summed E-state index contributed by atoms with van der Waals surface area (Å²) >= 11 is 1.83. The summed E-state index contributed by atoms with van der Waals surface area (Å²) in [5, 5.41) is 5.75. The highest BCUT2D eigenvalue weighted by Gasteiger charge is 2.08. The van der Waals surface area contributed by atoms with Crippen LogP contribution in [0.25, 0.3) is 0 Å². The second-order valence-corrected chi connectivity index (χ2v) is 5.49. The molecule has 1 aromatic carbocycles. The van der Waals surface area contributed by atoms with Crippen LogP contribution in [0.4, 0.5) is 0 Å². The van der Waals surface area contributed by atoms with Gasteiger partial charge in [0.1, 0.15) is 0 Å². The zero-order valence-corrected chi connectivity index (χ0v) is 11.5. The van der Waals surface area contributed by atoms with Crippen LogP contribution < -0.4 is 5.32 Å². The molecule has 1 nitrogen and oxygen atoms in total. The summed E-state index contributed by atoms with van der Waals surface area (Å²) < 4.78 is 0. The standard InChI is InChI=1S/C15H19NS/c1-11-6-4-5-7-14(11)13(3)16-10-15-12(2)8-9-17-15/h4-9,13,16H,10H2,1-3H3. The van der Waals surface area contributed by atoms with Gasteiger partial charge >= 0.3 is 0 Å². The Hall–Kier alpha value is -1.12. The lowest BCUT2D eigenvalue weighted by Crippen LogP contribution is -2.18. The molecule has 1 heterocycles. The van der Waals surface area contributed by atoms with E-state index in [9.17, 15) is 0 Å². The highest BCUT2D eigenvalue weighted by molar-refractivity contribution is 7.10. The highest BCUT2D eigenvalue weighted by Crippen LogP contribution is 2.19. The third-order valence-electron chi connectivity index (χ3n) is 3.19. The van der Waals surface area contributed by atoms with Crippen LogP contribution in [0.5, 0.6) is 0 Å². The van der Waals surface area contributed by atoms with E-state index >= 15 is 0 Å². The van der Waals surface area contributed by atoms with Crippen molar-refractivity contribution in [2.45, 2.75) is 33.4 Å². The van der Waals surface area contributed by atoms with Crippen LogP contribution in [-0.4, -0.2) is 0 Å². The fourth-order valence-corrected chi connectivity index (χ4v) is 2.87. The number of hydrogen-bond donors (Lipinski definition) is 1. The van der Waals surface area contributed by atoms with E-state index in [1.165, 1.54) is 21.6 Å². The molecule has 1 aromatic heterocycles. The number of benzene rings is 1. The minimum Gasteiger partial charge on any atom is -0.305 e. The summed E-state index contributed by atoms with van der Waals surface area (Å²) in [6.45, 7) is 7.53. The molecule has 2 aromatic rings. The number of hydrogen-bond acceptors (Lipinski definition) is 2. The van der Waals surface area contributed by atoms with Crippen molar-refractivity contribution >= 4 is 11.3 Å². The molecule has 0 saturated heterocycles. The molecule has 0 aliphatic heterocycles. The molecule has 0 radical (unpaired) electrons. The van der Waals surface area contributed by atoms with Gasteiger partial charge in [-0.05, 0) is 48.9 Å². The first kappa shape index (κ1) is 12.3. The Labute approximate surface area is 108 Å². The first-order chi connectivity index (χ1) is 8.18. The summed E-state index contributed by atoms with van der Waals surface area (Å²) in [6, 6.07) is 11.2. The molecule has 0 fully saturated rings. The Kier molecular flexibility index (Phi) is 3.97. The Morgan fingerprint density at radius 1 is 1.12 bits per heavy atom. The fraction of sp³-hybridized carbons (Fsp3) is 0.333. The molecule has 0 aliphatic rings. The van der Waals surface area contributed by atoms with Crippen molar-refractivity contribution in [2.75, 3.05) is 0 Å². The molecule has 17 heavy (non-hydrogen) atoms. The van der Waals surface area contributed by atoms with Crippen LogP contribution >= 0.6 is 11.3 Å². The predicted octanol–water partition coefficient (Wildman–Crippen LogP) is 4.22.